The maximum atomic E-state index is 13.7. The Labute approximate surface area is 171 Å². The molecule has 3 aromatic rings. The molecule has 5 nitrogen and oxygen atoms in total. The van der Waals surface area contributed by atoms with E-state index in [1.807, 2.05) is 0 Å². The molecule has 0 bridgehead atoms. The normalized spacial score (nSPS) is 14.4. The van der Waals surface area contributed by atoms with Crippen LogP contribution in [0.15, 0.2) is 36.4 Å². The summed E-state index contributed by atoms with van der Waals surface area (Å²) in [5.74, 6) is -3.12. The molecule has 0 radical (unpaired) electrons. The summed E-state index contributed by atoms with van der Waals surface area (Å²) in [7, 11) is 0. The van der Waals surface area contributed by atoms with Crippen molar-refractivity contribution in [1.82, 2.24) is 4.57 Å². The Morgan fingerprint density at radius 1 is 1.10 bits per heavy atom. The molecule has 1 aliphatic carbocycles. The van der Waals surface area contributed by atoms with Crippen LogP contribution < -0.4 is 0 Å². The first-order valence-corrected chi connectivity index (χ1v) is 9.87. The number of nitrogens with zero attached hydrogens (tertiary/aromatic N) is 1. The topological polar surface area (TPSA) is 68.5 Å². The lowest BCUT2D eigenvalue weighted by atomic mass is 10.1. The fraction of sp³-hybridized carbons (Fsp3) is 0.304. The Morgan fingerprint density at radius 2 is 1.83 bits per heavy atom. The highest BCUT2D eigenvalue weighted by molar-refractivity contribution is 6.05. The van der Waals surface area contributed by atoms with Crippen LogP contribution in [0.1, 0.15) is 47.3 Å². The van der Waals surface area contributed by atoms with Crippen LogP contribution in [0.2, 0.25) is 0 Å². The minimum absolute atomic E-state index is 0.00895. The second-order valence-electron chi connectivity index (χ2n) is 7.61. The number of carbonyl (C=O) groups is 2. The monoisotopic (exact) mass is 413 g/mol. The molecule has 1 heterocycles. The second-order valence-corrected chi connectivity index (χ2v) is 7.61. The molecule has 1 N–H and O–H groups in total. The summed E-state index contributed by atoms with van der Waals surface area (Å²) in [5, 5.41) is 10.5. The average Bonchev–Trinajstić information content (AvgIpc) is 3.30. The largest absolute Gasteiger partial charge is 0.508 e. The number of hydrogen-bond donors (Lipinski definition) is 1. The third-order valence-corrected chi connectivity index (χ3v) is 5.61. The number of fused-ring (bicyclic) bond motifs is 1. The molecule has 1 saturated carbocycles. The second kappa shape index (κ2) is 7.89. The quantitative estimate of drug-likeness (QED) is 0.632. The number of phenolic OH excluding ortho intramolecular Hbond substituents is 1. The van der Waals surface area contributed by atoms with E-state index in [1.165, 1.54) is 22.8 Å². The van der Waals surface area contributed by atoms with Gasteiger partial charge in [-0.1, -0.05) is 0 Å². The molecule has 30 heavy (non-hydrogen) atoms. The van der Waals surface area contributed by atoms with Gasteiger partial charge in [-0.3, -0.25) is 14.2 Å². The molecular formula is C23H21F2NO4. The van der Waals surface area contributed by atoms with E-state index in [9.17, 15) is 23.5 Å². The summed E-state index contributed by atoms with van der Waals surface area (Å²) in [4.78, 5) is 25.6. The van der Waals surface area contributed by atoms with E-state index in [1.54, 1.807) is 13.0 Å². The molecule has 0 saturated heterocycles. The van der Waals surface area contributed by atoms with E-state index >= 15 is 0 Å². The third kappa shape index (κ3) is 3.67. The van der Waals surface area contributed by atoms with Gasteiger partial charge in [-0.15, -0.1) is 0 Å². The van der Waals surface area contributed by atoms with Crippen molar-refractivity contribution in [1.29, 1.82) is 0 Å². The van der Waals surface area contributed by atoms with Gasteiger partial charge in [0.05, 0.1) is 11.9 Å². The lowest BCUT2D eigenvalue weighted by molar-refractivity contribution is -0.147. The number of phenols is 1. The standard InChI is InChI=1S/C23H21F2NO4/c1-13-17(12-22(28)30-16-4-2-3-5-16)18-11-15(27)7-9-21(18)26(13)23(29)14-6-8-19(24)20(25)10-14/h6-11,16,27H,2-5,12H2,1H3. The van der Waals surface area contributed by atoms with Crippen LogP contribution in [0.25, 0.3) is 10.9 Å². The van der Waals surface area contributed by atoms with Gasteiger partial charge in [0.25, 0.3) is 5.91 Å². The molecule has 0 aliphatic heterocycles. The van der Waals surface area contributed by atoms with Gasteiger partial charge >= 0.3 is 5.97 Å². The average molecular weight is 413 g/mol. The number of aromatic hydroxyl groups is 1. The number of ether oxygens (including phenoxy) is 1. The van der Waals surface area contributed by atoms with Gasteiger partial charge in [-0.25, -0.2) is 8.78 Å². The molecule has 0 unspecified atom stereocenters. The Balaban J connectivity index is 1.75. The highest BCUT2D eigenvalue weighted by atomic mass is 19.2. The van der Waals surface area contributed by atoms with E-state index in [4.69, 9.17) is 4.74 Å². The van der Waals surface area contributed by atoms with Gasteiger partial charge in [0, 0.05) is 16.6 Å². The zero-order valence-corrected chi connectivity index (χ0v) is 16.5. The van der Waals surface area contributed by atoms with Crippen molar-refractivity contribution < 1.29 is 28.2 Å². The number of halogens is 2. The van der Waals surface area contributed by atoms with Crippen molar-refractivity contribution in [2.24, 2.45) is 0 Å². The van der Waals surface area contributed by atoms with Gasteiger partial charge in [0.2, 0.25) is 0 Å². The SMILES string of the molecule is Cc1c(CC(=O)OC2CCCC2)c2cc(O)ccc2n1C(=O)c1ccc(F)c(F)c1. The van der Waals surface area contributed by atoms with E-state index in [0.29, 0.717) is 22.2 Å². The first kappa shape index (κ1) is 20.1. The molecule has 1 aromatic heterocycles. The molecule has 1 fully saturated rings. The molecule has 1 aliphatic rings. The summed E-state index contributed by atoms with van der Waals surface area (Å²) in [6, 6.07) is 7.42. The van der Waals surface area contributed by atoms with Crippen molar-refractivity contribution in [2.75, 3.05) is 0 Å². The molecule has 156 valence electrons. The van der Waals surface area contributed by atoms with Crippen LogP contribution >= 0.6 is 0 Å². The Kier molecular flexibility index (Phi) is 5.28. The number of esters is 1. The summed E-state index contributed by atoms with van der Waals surface area (Å²) in [5.41, 5.74) is 1.47. The number of benzene rings is 2. The fourth-order valence-corrected chi connectivity index (χ4v) is 4.09. The fourth-order valence-electron chi connectivity index (χ4n) is 4.09. The van der Waals surface area contributed by atoms with E-state index in [2.05, 4.69) is 0 Å². The maximum absolute atomic E-state index is 13.7. The van der Waals surface area contributed by atoms with Crippen LogP contribution in [0.4, 0.5) is 8.78 Å². The molecule has 0 spiro atoms. The lowest BCUT2D eigenvalue weighted by Gasteiger charge is -2.11. The van der Waals surface area contributed by atoms with E-state index in [-0.39, 0.29) is 23.8 Å². The smallest absolute Gasteiger partial charge is 0.310 e. The molecule has 0 amide bonds. The Morgan fingerprint density at radius 3 is 2.53 bits per heavy atom. The molecule has 4 rings (SSSR count). The van der Waals surface area contributed by atoms with Crippen molar-refractivity contribution in [3.63, 3.8) is 0 Å². The van der Waals surface area contributed by atoms with Crippen LogP contribution in [0.3, 0.4) is 0 Å². The number of rotatable bonds is 4. The highest BCUT2D eigenvalue weighted by Gasteiger charge is 2.25. The maximum Gasteiger partial charge on any atom is 0.310 e. The molecule has 2 aromatic carbocycles. The van der Waals surface area contributed by atoms with Crippen LogP contribution in [0.5, 0.6) is 5.75 Å². The van der Waals surface area contributed by atoms with Gasteiger partial charge in [-0.05, 0) is 74.6 Å². The van der Waals surface area contributed by atoms with Crippen LogP contribution in [0, 0.1) is 18.6 Å². The van der Waals surface area contributed by atoms with Crippen LogP contribution in [-0.2, 0) is 16.0 Å². The molecule has 7 heteroatoms. The minimum Gasteiger partial charge on any atom is -0.508 e. The predicted octanol–water partition coefficient (Wildman–Crippen LogP) is 4.65. The highest BCUT2D eigenvalue weighted by Crippen LogP contribution is 2.31. The van der Waals surface area contributed by atoms with Crippen LogP contribution in [-0.4, -0.2) is 27.7 Å². The van der Waals surface area contributed by atoms with Crippen molar-refractivity contribution in [3.05, 3.63) is 64.9 Å². The van der Waals surface area contributed by atoms with Gasteiger partial charge in [0.15, 0.2) is 11.6 Å². The molecule has 0 atom stereocenters. The zero-order valence-electron chi connectivity index (χ0n) is 16.5. The van der Waals surface area contributed by atoms with E-state index < -0.39 is 23.5 Å². The Bertz CT molecular complexity index is 1150. The number of aromatic nitrogens is 1. The lowest BCUT2D eigenvalue weighted by Crippen LogP contribution is -2.17. The van der Waals surface area contributed by atoms with Crippen molar-refractivity contribution in [3.8, 4) is 5.75 Å². The first-order chi connectivity index (χ1) is 14.3. The van der Waals surface area contributed by atoms with Gasteiger partial charge in [0.1, 0.15) is 11.9 Å². The number of carbonyl (C=O) groups excluding carboxylic acids is 2. The summed E-state index contributed by atoms with van der Waals surface area (Å²) in [6.07, 6.45) is 3.63. The van der Waals surface area contributed by atoms with E-state index in [0.717, 1.165) is 37.8 Å². The zero-order chi connectivity index (χ0) is 21.4. The van der Waals surface area contributed by atoms with Gasteiger partial charge in [-0.2, -0.15) is 0 Å². The summed E-state index contributed by atoms with van der Waals surface area (Å²) >= 11 is 0. The number of hydrogen-bond acceptors (Lipinski definition) is 4. The summed E-state index contributed by atoms with van der Waals surface area (Å²) in [6.45, 7) is 1.67. The van der Waals surface area contributed by atoms with Crippen molar-refractivity contribution in [2.45, 2.75) is 45.1 Å². The first-order valence-electron chi connectivity index (χ1n) is 9.87. The predicted molar refractivity (Wildman–Crippen MR) is 106 cm³/mol. The molecular weight excluding hydrogens is 392 g/mol. The van der Waals surface area contributed by atoms with Crippen molar-refractivity contribution >= 4 is 22.8 Å². The third-order valence-electron chi connectivity index (χ3n) is 5.61. The Hall–Kier alpha value is -3.22. The minimum atomic E-state index is -1.12. The summed E-state index contributed by atoms with van der Waals surface area (Å²) < 4.78 is 33.8. The van der Waals surface area contributed by atoms with Gasteiger partial charge < -0.3 is 9.84 Å².